The van der Waals surface area contributed by atoms with Crippen molar-refractivity contribution in [3.63, 3.8) is 0 Å². The number of nitrogens with zero attached hydrogens (tertiary/aromatic N) is 5. The molecule has 0 aromatic heterocycles. The van der Waals surface area contributed by atoms with E-state index in [1.807, 2.05) is 127 Å². The third-order valence-corrected chi connectivity index (χ3v) is 33.2. The van der Waals surface area contributed by atoms with E-state index >= 15 is 0 Å². The smallest absolute Gasteiger partial charge is 0.335 e. The number of carboxylic acid groups (broad SMARTS) is 1. The number of aliphatic hydroxyl groups is 6. The highest BCUT2D eigenvalue weighted by Gasteiger charge is 2.61. The van der Waals surface area contributed by atoms with Gasteiger partial charge in [-0.05, 0) is 285 Å². The van der Waals surface area contributed by atoms with Gasteiger partial charge in [-0.15, -0.1) is 0 Å². The first-order chi connectivity index (χ1) is 62.6. The average molecular weight is 1800 g/mol. The first-order valence-corrected chi connectivity index (χ1v) is 48.5. The minimum Gasteiger partial charge on any atom is -0.478 e. The van der Waals surface area contributed by atoms with Crippen LogP contribution in [0.3, 0.4) is 0 Å². The van der Waals surface area contributed by atoms with E-state index in [9.17, 15) is 64.5 Å². The molecular formula is C105H144N10O16. The summed E-state index contributed by atoms with van der Waals surface area (Å²) in [5.74, 6) is 1.31. The lowest BCUT2D eigenvalue weighted by molar-refractivity contribution is -0.183. The number of nitrogens with one attached hydrogen (secondary N) is 5. The molecule has 9 saturated carbocycles. The third kappa shape index (κ3) is 21.0. The van der Waals surface area contributed by atoms with E-state index in [0.29, 0.717) is 107 Å². The Morgan fingerprint density at radius 2 is 0.656 bits per heavy atom. The van der Waals surface area contributed by atoms with E-state index in [1.165, 1.54) is 44.9 Å². The molecule has 0 radical (unpaired) electrons. The largest absolute Gasteiger partial charge is 0.478 e. The molecule has 20 rings (SSSR count). The van der Waals surface area contributed by atoms with Crippen molar-refractivity contribution >= 4 is 35.5 Å². The maximum Gasteiger partial charge on any atom is 0.335 e. The zero-order valence-corrected chi connectivity index (χ0v) is 78.7. The fraction of sp³-hybridized carbons (Fsp3) is 0.600. The van der Waals surface area contributed by atoms with Crippen LogP contribution in [0.2, 0.25) is 0 Å². The maximum absolute atomic E-state index is 14.0. The first kappa shape index (κ1) is 97.1. The predicted octanol–water partition coefficient (Wildman–Crippen LogP) is 11.4. The lowest BCUT2D eigenvalue weighted by Crippen LogP contribution is -2.62. The molecule has 24 atom stereocenters. The number of benzene rings is 6. The molecule has 0 spiro atoms. The molecule has 0 unspecified atom stereocenters. The predicted molar refractivity (Wildman–Crippen MR) is 501 cm³/mol. The molecule has 5 aliphatic heterocycles. The van der Waals surface area contributed by atoms with Crippen molar-refractivity contribution in [1.82, 2.24) is 51.6 Å². The zero-order chi connectivity index (χ0) is 93.2. The molecule has 9 aliphatic carbocycles. The molecule has 6 aromatic rings. The van der Waals surface area contributed by atoms with Gasteiger partial charge in [-0.25, -0.2) is 4.79 Å². The summed E-state index contributed by atoms with van der Waals surface area (Å²) in [5.41, 5.74) is 10.5. The molecule has 26 heteroatoms. The van der Waals surface area contributed by atoms with Crippen LogP contribution in [0.5, 0.6) is 0 Å². The normalized spacial score (nSPS) is 31.6. The number of hydrogen-bond acceptors (Lipinski definition) is 20. The van der Waals surface area contributed by atoms with Crippen molar-refractivity contribution in [3.8, 4) is 33.4 Å². The Balaban J connectivity index is 0.000000151. The van der Waals surface area contributed by atoms with Crippen LogP contribution in [0.4, 0.5) is 0 Å². The minimum atomic E-state index is -0.986. The van der Waals surface area contributed by atoms with Gasteiger partial charge in [0.15, 0.2) is 0 Å². The van der Waals surface area contributed by atoms with Gasteiger partial charge in [0, 0.05) is 73.2 Å². The average Bonchev–Trinajstić information content (AvgIpc) is 1.54. The molecule has 131 heavy (non-hydrogen) atoms. The molecule has 710 valence electrons. The number of hydrogen-bond donors (Lipinski definition) is 12. The highest BCUT2D eigenvalue weighted by molar-refractivity contribution is 5.96. The molecule has 6 aromatic carbocycles. The monoisotopic (exact) mass is 1800 g/mol. The van der Waals surface area contributed by atoms with E-state index in [-0.39, 0.29) is 79.6 Å². The van der Waals surface area contributed by atoms with Gasteiger partial charge in [0.2, 0.25) is 17.7 Å². The van der Waals surface area contributed by atoms with Crippen LogP contribution in [0, 0.1) is 87.3 Å². The number of fused-ring (bicyclic) bond motifs is 6. The SMILES string of the molecule is C[C@@H]1[C@@H](NC(=O)[C@@H]2[C@H]([C@H](C)O)[C@H](CO)ON2Cc2cccc(-c3cccc(C(=O)NCCN4CCCC4)c3)c2)C[C@H]2C[C@@H]1C2(C)C.C[C@@H]1[C@@H](NC(=O)[C@@H]2[C@H]([C@H](C)O)[C@H](CO)ON2Cc2cccc(-c3cccc(C(=O)NCCN4CCCC4)c3)c2)C[C@H]2C[C@@H]1C2(C)C.C[C@@H]1[C@@H](NC(=O)[C@@H]2[C@H]([C@H](C)O)[C@H](CO)ON2Cc2cccc(-c3cccc(C(=O)O)c3)c2)C[C@H]2C[C@@H]1C2(C)C. The molecule has 26 nitrogen and oxygen atoms in total. The van der Waals surface area contributed by atoms with Gasteiger partial charge >= 0.3 is 5.97 Å². The van der Waals surface area contributed by atoms with Crippen molar-refractivity contribution in [3.05, 3.63) is 179 Å². The Labute approximate surface area is 773 Å². The Hall–Kier alpha value is -8.42. The second kappa shape index (κ2) is 41.4. The summed E-state index contributed by atoms with van der Waals surface area (Å²) in [6, 6.07) is 43.7. The van der Waals surface area contributed by atoms with Crippen molar-refractivity contribution in [2.75, 3.05) is 72.2 Å². The van der Waals surface area contributed by atoms with Crippen molar-refractivity contribution in [2.45, 2.75) is 240 Å². The molecule has 14 fully saturated rings. The molecular weight excluding hydrogens is 1660 g/mol. The van der Waals surface area contributed by atoms with E-state index in [4.69, 9.17) is 14.5 Å². The lowest BCUT2D eigenvalue weighted by Gasteiger charge is -2.62. The van der Waals surface area contributed by atoms with Crippen molar-refractivity contribution in [1.29, 1.82) is 0 Å². The van der Waals surface area contributed by atoms with Gasteiger partial charge in [-0.2, -0.15) is 15.2 Å². The van der Waals surface area contributed by atoms with Crippen LogP contribution < -0.4 is 26.6 Å². The van der Waals surface area contributed by atoms with Crippen LogP contribution >= 0.6 is 0 Å². The number of amides is 5. The molecule has 5 saturated heterocycles. The van der Waals surface area contributed by atoms with Gasteiger partial charge in [0.25, 0.3) is 11.8 Å². The number of aromatic carboxylic acids is 1. The lowest BCUT2D eigenvalue weighted by atomic mass is 9.45. The van der Waals surface area contributed by atoms with E-state index in [0.717, 1.165) is 109 Å². The summed E-state index contributed by atoms with van der Waals surface area (Å²) in [6.45, 7) is 33.1. The van der Waals surface area contributed by atoms with Crippen LogP contribution in [0.1, 0.15) is 195 Å². The van der Waals surface area contributed by atoms with Crippen LogP contribution in [-0.2, 0) is 48.5 Å². The molecule has 5 amide bonds. The highest BCUT2D eigenvalue weighted by Crippen LogP contribution is 2.64. The number of rotatable bonds is 30. The molecule has 5 heterocycles. The van der Waals surface area contributed by atoms with Gasteiger partial charge in [-0.3, -0.25) is 38.5 Å². The van der Waals surface area contributed by atoms with E-state index in [2.05, 4.69) is 98.7 Å². The summed E-state index contributed by atoms with van der Waals surface area (Å²) in [4.78, 5) is 102. The van der Waals surface area contributed by atoms with E-state index < -0.39 is 78.5 Å². The Morgan fingerprint density at radius 1 is 0.389 bits per heavy atom. The van der Waals surface area contributed by atoms with Crippen LogP contribution in [-0.4, -0.2) is 241 Å². The van der Waals surface area contributed by atoms with E-state index in [1.54, 1.807) is 54.2 Å². The summed E-state index contributed by atoms with van der Waals surface area (Å²) in [5, 5.41) is 93.0. The Kier molecular flexibility index (Phi) is 30.7. The fourth-order valence-electron chi connectivity index (χ4n) is 24.9. The number of hydroxylamine groups is 6. The summed E-state index contributed by atoms with van der Waals surface area (Å²) in [6.07, 6.45) is 6.85. The number of carboxylic acids is 1. The maximum atomic E-state index is 14.0. The standard InChI is InChI=1S/2C37H52N4O5.C31H40N2O6/c2*1-23-30-19-29(37(30,3)4)20-31(23)39-36(45)34-33(24(2)43)32(22-42)46-41(34)21-25-9-7-10-26(17-25)27-11-8-12-28(18-27)35(44)38-13-16-40-14-5-6-15-40;1-17-24-13-23(31(24,3)4)14-25(17)32-29(36)28-27(18(2)35)26(16-34)39-33(28)15-19-7-5-8-20(11-19)21-9-6-10-22(12-21)30(37)38/h2*7-12,17-18,23-24,29-34,42-43H,5-6,13-16,19-22H2,1-4H3,(H,38,44)(H,39,45);5-12,17-18,23-28,34-35H,13-16H2,1-4H3,(H,32,36)(H,37,38)/t2*23-,24-,29+,30-,31-,32-,33+,34-;17-,18-,23+,24-,25-,26-,27+,28-/m000/s1. The fourth-order valence-corrected chi connectivity index (χ4v) is 24.9. The summed E-state index contributed by atoms with van der Waals surface area (Å²) in [7, 11) is 0. The second-order valence-electron chi connectivity index (χ2n) is 42.0. The van der Waals surface area contributed by atoms with Gasteiger partial charge in [0.05, 0.1) is 63.3 Å². The Morgan fingerprint density at radius 3 is 0.916 bits per heavy atom. The highest BCUT2D eigenvalue weighted by atomic mass is 16.7. The molecule has 12 N–H and O–H groups in total. The first-order valence-electron chi connectivity index (χ1n) is 48.5. The number of aliphatic hydroxyl groups excluding tert-OH is 6. The van der Waals surface area contributed by atoms with Gasteiger partial charge in [0.1, 0.15) is 36.4 Å². The minimum absolute atomic E-state index is 0.0730. The number of carbonyl (C=O) groups is 6. The van der Waals surface area contributed by atoms with Crippen LogP contribution in [0.15, 0.2) is 146 Å². The quantitative estimate of drug-likeness (QED) is 0.0199. The summed E-state index contributed by atoms with van der Waals surface area (Å²) >= 11 is 0. The van der Waals surface area contributed by atoms with Gasteiger partial charge < -0.3 is 72.1 Å². The topological polar surface area (TPSA) is 348 Å². The van der Waals surface area contributed by atoms with Crippen LogP contribution in [0.25, 0.3) is 33.4 Å². The summed E-state index contributed by atoms with van der Waals surface area (Å²) < 4.78 is 0. The molecule has 14 aliphatic rings. The zero-order valence-electron chi connectivity index (χ0n) is 78.7. The van der Waals surface area contributed by atoms with Crippen molar-refractivity contribution in [2.24, 2.45) is 87.3 Å². The number of carbonyl (C=O) groups excluding carboxylic acids is 5. The second-order valence-corrected chi connectivity index (χ2v) is 42.0. The Bertz CT molecular complexity index is 4760. The third-order valence-electron chi connectivity index (χ3n) is 33.2. The van der Waals surface area contributed by atoms with Gasteiger partial charge in [-0.1, -0.05) is 153 Å². The van der Waals surface area contributed by atoms with Crippen molar-refractivity contribution < 1.29 is 79.0 Å². The molecule has 6 bridgehead atoms. The number of likely N-dealkylation sites (tertiary alicyclic amines) is 2.